The second kappa shape index (κ2) is 5.33. The first-order valence-electron chi connectivity index (χ1n) is 6.37. The van der Waals surface area contributed by atoms with Gasteiger partial charge in [0.2, 0.25) is 5.43 Å². The first kappa shape index (κ1) is 13.8. The number of carbonyl (C=O) groups is 1. The second-order valence-electron chi connectivity index (χ2n) is 4.55. The summed E-state index contributed by atoms with van der Waals surface area (Å²) in [6.45, 7) is 0. The van der Waals surface area contributed by atoms with Gasteiger partial charge in [0.05, 0.1) is 11.7 Å². The number of aromatic nitrogens is 1. The van der Waals surface area contributed by atoms with E-state index >= 15 is 0 Å². The number of halogens is 1. The molecule has 1 N–H and O–H groups in total. The van der Waals surface area contributed by atoms with Gasteiger partial charge in [0.15, 0.2) is 5.75 Å². The van der Waals surface area contributed by atoms with E-state index in [1.54, 1.807) is 28.8 Å². The van der Waals surface area contributed by atoms with Gasteiger partial charge in [-0.25, -0.2) is 9.18 Å². The van der Waals surface area contributed by atoms with Crippen molar-refractivity contribution in [2.45, 2.75) is 0 Å². The van der Waals surface area contributed by atoms with Gasteiger partial charge in [-0.15, -0.1) is 0 Å². The summed E-state index contributed by atoms with van der Waals surface area (Å²) < 4.78 is 19.2. The standard InChI is InChI=1S/C16H10FNO4/c17-10-5-7-11(8-6-10)18-9-14(22-16(20)21)15(19)12-3-1-2-4-13(12)18/h1-9H,(H,20,21). The van der Waals surface area contributed by atoms with Crippen LogP contribution in [0.2, 0.25) is 0 Å². The highest BCUT2D eigenvalue weighted by Gasteiger charge is 2.13. The van der Waals surface area contributed by atoms with Crippen LogP contribution in [-0.2, 0) is 0 Å². The van der Waals surface area contributed by atoms with Crippen LogP contribution in [0.1, 0.15) is 0 Å². The van der Waals surface area contributed by atoms with Crippen molar-refractivity contribution in [2.24, 2.45) is 0 Å². The van der Waals surface area contributed by atoms with Crippen molar-refractivity contribution in [3.05, 3.63) is 70.8 Å². The topological polar surface area (TPSA) is 68.5 Å². The van der Waals surface area contributed by atoms with Crippen LogP contribution in [0.5, 0.6) is 5.75 Å². The van der Waals surface area contributed by atoms with Gasteiger partial charge in [-0.3, -0.25) is 4.79 Å². The van der Waals surface area contributed by atoms with Gasteiger partial charge < -0.3 is 14.4 Å². The van der Waals surface area contributed by atoms with Gasteiger partial charge in [-0.1, -0.05) is 12.1 Å². The molecule has 0 aliphatic heterocycles. The summed E-state index contributed by atoms with van der Waals surface area (Å²) in [5.74, 6) is -0.702. The molecule has 0 radical (unpaired) electrons. The molecule has 0 saturated carbocycles. The Morgan fingerprint density at radius 1 is 1.09 bits per heavy atom. The molecule has 5 nitrogen and oxygen atoms in total. The smallest absolute Gasteiger partial charge is 0.449 e. The van der Waals surface area contributed by atoms with E-state index in [1.807, 2.05) is 0 Å². The lowest BCUT2D eigenvalue weighted by atomic mass is 10.2. The summed E-state index contributed by atoms with van der Waals surface area (Å²) >= 11 is 0. The first-order valence-corrected chi connectivity index (χ1v) is 6.37. The third-order valence-electron chi connectivity index (χ3n) is 3.18. The van der Waals surface area contributed by atoms with E-state index in [4.69, 9.17) is 5.11 Å². The fourth-order valence-corrected chi connectivity index (χ4v) is 2.24. The third-order valence-corrected chi connectivity index (χ3v) is 3.18. The third kappa shape index (κ3) is 2.42. The minimum Gasteiger partial charge on any atom is -0.449 e. The Labute approximate surface area is 123 Å². The monoisotopic (exact) mass is 299 g/mol. The molecule has 3 rings (SSSR count). The molecule has 0 saturated heterocycles. The Kier molecular flexibility index (Phi) is 3.34. The number of ether oxygens (including phenoxy) is 1. The van der Waals surface area contributed by atoms with Crippen LogP contribution in [0.25, 0.3) is 16.6 Å². The van der Waals surface area contributed by atoms with Crippen molar-refractivity contribution in [3.63, 3.8) is 0 Å². The molecule has 1 aromatic heterocycles. The van der Waals surface area contributed by atoms with Crippen molar-refractivity contribution < 1.29 is 19.0 Å². The van der Waals surface area contributed by atoms with Crippen molar-refractivity contribution in [1.29, 1.82) is 0 Å². The maximum atomic E-state index is 13.1. The summed E-state index contributed by atoms with van der Waals surface area (Å²) in [4.78, 5) is 23.0. The lowest BCUT2D eigenvalue weighted by molar-refractivity contribution is 0.144. The van der Waals surface area contributed by atoms with E-state index < -0.39 is 17.4 Å². The van der Waals surface area contributed by atoms with Gasteiger partial charge in [0.25, 0.3) is 0 Å². The van der Waals surface area contributed by atoms with Crippen molar-refractivity contribution in [3.8, 4) is 11.4 Å². The summed E-state index contributed by atoms with van der Waals surface area (Å²) in [7, 11) is 0. The van der Waals surface area contributed by atoms with Crippen molar-refractivity contribution >= 4 is 17.1 Å². The summed E-state index contributed by atoms with van der Waals surface area (Å²) in [5.41, 5.74) is 0.626. The van der Waals surface area contributed by atoms with Crippen LogP contribution >= 0.6 is 0 Å². The Bertz CT molecular complexity index is 916. The van der Waals surface area contributed by atoms with E-state index in [1.165, 1.54) is 30.5 Å². The molecule has 2 aromatic carbocycles. The zero-order chi connectivity index (χ0) is 15.7. The van der Waals surface area contributed by atoms with E-state index in [-0.39, 0.29) is 5.75 Å². The number of nitrogens with zero attached hydrogens (tertiary/aromatic N) is 1. The second-order valence-corrected chi connectivity index (χ2v) is 4.55. The summed E-state index contributed by atoms with van der Waals surface area (Å²) in [6, 6.07) is 12.3. The van der Waals surface area contributed by atoms with E-state index in [2.05, 4.69) is 4.74 Å². The Morgan fingerprint density at radius 2 is 1.77 bits per heavy atom. The molecule has 22 heavy (non-hydrogen) atoms. The average Bonchev–Trinajstić information content (AvgIpc) is 2.51. The molecule has 0 spiro atoms. The highest BCUT2D eigenvalue weighted by molar-refractivity contribution is 5.82. The van der Waals surface area contributed by atoms with E-state index in [0.29, 0.717) is 16.6 Å². The van der Waals surface area contributed by atoms with E-state index in [0.717, 1.165) is 0 Å². The molecular weight excluding hydrogens is 289 g/mol. The van der Waals surface area contributed by atoms with Gasteiger partial charge in [0, 0.05) is 11.1 Å². The summed E-state index contributed by atoms with van der Waals surface area (Å²) in [6.07, 6.45) is -0.288. The summed E-state index contributed by atoms with van der Waals surface area (Å²) in [5, 5.41) is 9.05. The van der Waals surface area contributed by atoms with Crippen molar-refractivity contribution in [1.82, 2.24) is 4.57 Å². The zero-order valence-corrected chi connectivity index (χ0v) is 11.2. The molecule has 0 atom stereocenters. The Balaban J connectivity index is 2.32. The SMILES string of the molecule is O=C(O)Oc1cn(-c2ccc(F)cc2)c2ccccc2c1=O. The number of pyridine rings is 1. The molecule has 6 heteroatoms. The van der Waals surface area contributed by atoms with Gasteiger partial charge >= 0.3 is 6.16 Å². The van der Waals surface area contributed by atoms with Gasteiger partial charge in [-0.2, -0.15) is 0 Å². The fourth-order valence-electron chi connectivity index (χ4n) is 2.24. The molecule has 1 heterocycles. The Morgan fingerprint density at radius 3 is 2.45 bits per heavy atom. The van der Waals surface area contributed by atoms with Crippen molar-refractivity contribution in [2.75, 3.05) is 0 Å². The lowest BCUT2D eigenvalue weighted by Gasteiger charge is -2.12. The van der Waals surface area contributed by atoms with Gasteiger partial charge in [0.1, 0.15) is 5.82 Å². The molecule has 0 amide bonds. The van der Waals surface area contributed by atoms with Crippen LogP contribution in [-0.4, -0.2) is 15.8 Å². The minimum atomic E-state index is -1.57. The number of rotatable bonds is 2. The largest absolute Gasteiger partial charge is 0.511 e. The average molecular weight is 299 g/mol. The highest BCUT2D eigenvalue weighted by Crippen LogP contribution is 2.20. The predicted molar refractivity (Wildman–Crippen MR) is 78.2 cm³/mol. The zero-order valence-electron chi connectivity index (χ0n) is 11.2. The highest BCUT2D eigenvalue weighted by atomic mass is 19.1. The normalized spacial score (nSPS) is 10.6. The minimum absolute atomic E-state index is 0.310. The Hall–Kier alpha value is -3.15. The van der Waals surface area contributed by atoms with Gasteiger partial charge in [-0.05, 0) is 36.4 Å². The van der Waals surface area contributed by atoms with Crippen LogP contribution in [0.3, 0.4) is 0 Å². The molecule has 0 fully saturated rings. The predicted octanol–water partition coefficient (Wildman–Crippen LogP) is 3.19. The molecular formula is C16H10FNO4. The molecule has 0 bridgehead atoms. The van der Waals surface area contributed by atoms with Crippen LogP contribution < -0.4 is 10.2 Å². The van der Waals surface area contributed by atoms with Crippen LogP contribution in [0.4, 0.5) is 9.18 Å². The van der Waals surface area contributed by atoms with E-state index in [9.17, 15) is 14.0 Å². The number of hydrogen-bond acceptors (Lipinski definition) is 3. The van der Waals surface area contributed by atoms with Crippen LogP contribution in [0.15, 0.2) is 59.5 Å². The quantitative estimate of drug-likeness (QED) is 0.738. The molecule has 0 aliphatic carbocycles. The lowest BCUT2D eigenvalue weighted by Crippen LogP contribution is -2.15. The van der Waals surface area contributed by atoms with Crippen LogP contribution in [0, 0.1) is 5.82 Å². The first-order chi connectivity index (χ1) is 10.6. The number of hydrogen-bond donors (Lipinski definition) is 1. The maximum absolute atomic E-state index is 13.1. The maximum Gasteiger partial charge on any atom is 0.511 e. The molecule has 110 valence electrons. The number of para-hydroxylation sites is 1. The fraction of sp³-hybridized carbons (Fsp3) is 0. The molecule has 0 aliphatic rings. The number of benzene rings is 2. The molecule has 0 unspecified atom stereocenters. The molecule has 3 aromatic rings. The number of carboxylic acid groups (broad SMARTS) is 1. The number of fused-ring (bicyclic) bond motifs is 1.